The summed E-state index contributed by atoms with van der Waals surface area (Å²) in [7, 11) is 0. The van der Waals surface area contributed by atoms with Crippen LogP contribution in [0.25, 0.3) is 0 Å². The summed E-state index contributed by atoms with van der Waals surface area (Å²) in [5.41, 5.74) is 0.525. The maximum atomic E-state index is 11.9. The fourth-order valence-electron chi connectivity index (χ4n) is 2.27. The highest BCUT2D eigenvalue weighted by Crippen LogP contribution is 2.32. The first kappa shape index (κ1) is 15.3. The Kier molecular flexibility index (Phi) is 4.16. The molecule has 0 spiro atoms. The second-order valence-electron chi connectivity index (χ2n) is 4.90. The first-order valence-electron chi connectivity index (χ1n) is 7.04. The summed E-state index contributed by atoms with van der Waals surface area (Å²) in [5.74, 6) is 1.20. The van der Waals surface area contributed by atoms with Crippen molar-refractivity contribution in [2.75, 3.05) is 6.79 Å². The van der Waals surface area contributed by atoms with Gasteiger partial charge in [0.25, 0.3) is 5.56 Å². The Bertz CT molecular complexity index is 885. The Morgan fingerprint density at radius 2 is 2.22 bits per heavy atom. The van der Waals surface area contributed by atoms with Crippen LogP contribution in [0, 0.1) is 4.77 Å². The minimum absolute atomic E-state index is 0.0844. The van der Waals surface area contributed by atoms with Crippen molar-refractivity contribution in [1.29, 1.82) is 0 Å². The largest absolute Gasteiger partial charge is 0.494 e. The molecule has 1 aliphatic heterocycles. The van der Waals surface area contributed by atoms with Gasteiger partial charge in [0, 0.05) is 12.8 Å². The van der Waals surface area contributed by atoms with E-state index in [-0.39, 0.29) is 23.0 Å². The molecular weight excluding hydrogens is 318 g/mol. The van der Waals surface area contributed by atoms with Crippen molar-refractivity contribution in [3.05, 3.63) is 44.5 Å². The molecule has 1 aliphatic rings. The molecule has 0 amide bonds. The number of rotatable bonds is 4. The molecule has 1 aromatic carbocycles. The Balaban J connectivity index is 1.84. The molecule has 120 valence electrons. The lowest BCUT2D eigenvalue weighted by Crippen LogP contribution is -2.18. The summed E-state index contributed by atoms with van der Waals surface area (Å²) in [6.45, 7) is 2.83. The Hall–Kier alpha value is -2.61. The van der Waals surface area contributed by atoms with Crippen molar-refractivity contribution in [3.8, 4) is 17.4 Å². The van der Waals surface area contributed by atoms with E-state index in [9.17, 15) is 9.90 Å². The van der Waals surface area contributed by atoms with Crippen molar-refractivity contribution in [3.63, 3.8) is 0 Å². The van der Waals surface area contributed by atoms with Crippen LogP contribution in [0.3, 0.4) is 0 Å². The zero-order valence-corrected chi connectivity index (χ0v) is 13.2. The minimum Gasteiger partial charge on any atom is -0.494 e. The predicted molar refractivity (Wildman–Crippen MR) is 87.1 cm³/mol. The van der Waals surface area contributed by atoms with Crippen LogP contribution in [-0.4, -0.2) is 27.7 Å². The second kappa shape index (κ2) is 6.25. The van der Waals surface area contributed by atoms with E-state index in [4.69, 9.17) is 21.7 Å². The zero-order valence-electron chi connectivity index (χ0n) is 12.4. The summed E-state index contributed by atoms with van der Waals surface area (Å²) < 4.78 is 12.2. The van der Waals surface area contributed by atoms with Gasteiger partial charge in [-0.2, -0.15) is 0 Å². The molecule has 1 aromatic heterocycles. The lowest BCUT2D eigenvalue weighted by atomic mass is 10.2. The minimum atomic E-state index is -0.466. The molecule has 2 aromatic rings. The standard InChI is InChI=1S/C15H15N3O4S/c1-2-18-14(20)10(13(19)17-15(18)23)7-16-6-9-3-4-11-12(5-9)22-8-21-11/h3-5,7,20H,2,6,8H2,1H3,(H,17,19,23). The SMILES string of the molecule is CCn1c(O)c(C=NCc2ccc3c(c2)OCO3)c(=O)[nH]c1=S. The van der Waals surface area contributed by atoms with E-state index in [2.05, 4.69) is 9.98 Å². The number of aliphatic imine (C=N–C) groups is 1. The number of aromatic amines is 1. The van der Waals surface area contributed by atoms with Gasteiger partial charge in [0.15, 0.2) is 16.3 Å². The fourth-order valence-corrected chi connectivity index (χ4v) is 2.57. The van der Waals surface area contributed by atoms with Crippen LogP contribution in [0.4, 0.5) is 0 Å². The quantitative estimate of drug-likeness (QED) is 0.660. The lowest BCUT2D eigenvalue weighted by molar-refractivity contribution is 0.174. The molecule has 0 fully saturated rings. The smallest absolute Gasteiger partial charge is 0.264 e. The topological polar surface area (TPSA) is 88.8 Å². The van der Waals surface area contributed by atoms with E-state index in [1.807, 2.05) is 25.1 Å². The first-order valence-corrected chi connectivity index (χ1v) is 7.45. The third kappa shape index (κ3) is 2.98. The third-order valence-corrected chi connectivity index (χ3v) is 3.78. The molecule has 0 saturated heterocycles. The number of hydrogen-bond acceptors (Lipinski definition) is 6. The van der Waals surface area contributed by atoms with Crippen LogP contribution in [0.1, 0.15) is 18.1 Å². The summed E-state index contributed by atoms with van der Waals surface area (Å²) in [4.78, 5) is 18.6. The molecule has 0 unspecified atom stereocenters. The fraction of sp³-hybridized carbons (Fsp3) is 0.267. The number of aromatic hydroxyl groups is 1. The first-order chi connectivity index (χ1) is 11.1. The van der Waals surface area contributed by atoms with Gasteiger partial charge in [0.2, 0.25) is 12.7 Å². The van der Waals surface area contributed by atoms with E-state index in [0.29, 0.717) is 24.6 Å². The summed E-state index contributed by atoms with van der Waals surface area (Å²) >= 11 is 5.00. The van der Waals surface area contributed by atoms with E-state index < -0.39 is 5.56 Å². The zero-order chi connectivity index (χ0) is 16.4. The van der Waals surface area contributed by atoms with Gasteiger partial charge in [0.05, 0.1) is 6.54 Å². The molecule has 3 rings (SSSR count). The monoisotopic (exact) mass is 333 g/mol. The summed E-state index contributed by atoms with van der Waals surface area (Å²) in [6, 6.07) is 5.52. The van der Waals surface area contributed by atoms with Gasteiger partial charge in [-0.05, 0) is 36.8 Å². The van der Waals surface area contributed by atoms with Crippen molar-refractivity contribution < 1.29 is 14.6 Å². The van der Waals surface area contributed by atoms with Crippen LogP contribution < -0.4 is 15.0 Å². The van der Waals surface area contributed by atoms with Gasteiger partial charge in [0.1, 0.15) is 5.56 Å². The number of aromatic nitrogens is 2. The third-order valence-electron chi connectivity index (χ3n) is 3.45. The maximum Gasteiger partial charge on any atom is 0.264 e. The molecule has 0 bridgehead atoms. The number of nitrogens with zero attached hydrogens (tertiary/aromatic N) is 2. The van der Waals surface area contributed by atoms with E-state index >= 15 is 0 Å². The molecule has 7 nitrogen and oxygen atoms in total. The Labute approximate surface area is 136 Å². The lowest BCUT2D eigenvalue weighted by Gasteiger charge is -2.07. The molecule has 23 heavy (non-hydrogen) atoms. The van der Waals surface area contributed by atoms with Crippen molar-refractivity contribution in [2.45, 2.75) is 20.0 Å². The number of fused-ring (bicyclic) bond motifs is 1. The normalized spacial score (nSPS) is 12.9. The molecule has 8 heteroatoms. The van der Waals surface area contributed by atoms with E-state index in [0.717, 1.165) is 5.56 Å². The highest BCUT2D eigenvalue weighted by atomic mass is 32.1. The number of H-pyrrole nitrogens is 1. The average molecular weight is 333 g/mol. The van der Waals surface area contributed by atoms with Gasteiger partial charge >= 0.3 is 0 Å². The maximum absolute atomic E-state index is 11.9. The van der Waals surface area contributed by atoms with Crippen molar-refractivity contribution in [1.82, 2.24) is 9.55 Å². The van der Waals surface area contributed by atoms with Gasteiger partial charge in [-0.1, -0.05) is 6.07 Å². The van der Waals surface area contributed by atoms with Gasteiger partial charge in [-0.15, -0.1) is 0 Å². The highest BCUT2D eigenvalue weighted by Gasteiger charge is 2.13. The van der Waals surface area contributed by atoms with Crippen LogP contribution in [-0.2, 0) is 13.1 Å². The summed E-state index contributed by atoms with van der Waals surface area (Å²) in [5, 5.41) is 10.1. The van der Waals surface area contributed by atoms with Gasteiger partial charge in [-0.25, -0.2) is 0 Å². The molecule has 2 heterocycles. The highest BCUT2D eigenvalue weighted by molar-refractivity contribution is 7.71. The molecule has 2 N–H and O–H groups in total. The van der Waals surface area contributed by atoms with Gasteiger partial charge in [-0.3, -0.25) is 19.3 Å². The van der Waals surface area contributed by atoms with Gasteiger partial charge < -0.3 is 14.6 Å². The van der Waals surface area contributed by atoms with Crippen molar-refractivity contribution >= 4 is 18.4 Å². The Morgan fingerprint density at radius 3 is 3.00 bits per heavy atom. The Morgan fingerprint density at radius 1 is 1.43 bits per heavy atom. The van der Waals surface area contributed by atoms with Crippen LogP contribution in [0.15, 0.2) is 28.0 Å². The summed E-state index contributed by atoms with van der Waals surface area (Å²) in [6.07, 6.45) is 1.35. The van der Waals surface area contributed by atoms with Crippen molar-refractivity contribution in [2.24, 2.45) is 4.99 Å². The number of nitrogens with one attached hydrogen (secondary N) is 1. The molecule has 0 radical (unpaired) electrons. The average Bonchev–Trinajstić information content (AvgIpc) is 2.98. The second-order valence-corrected chi connectivity index (χ2v) is 5.28. The van der Waals surface area contributed by atoms with E-state index in [1.165, 1.54) is 10.8 Å². The molecule has 0 saturated carbocycles. The number of hydrogen-bond donors (Lipinski definition) is 2. The number of ether oxygens (including phenoxy) is 2. The molecule has 0 atom stereocenters. The van der Waals surface area contributed by atoms with Crippen LogP contribution >= 0.6 is 12.2 Å². The molecular formula is C15H15N3O4S. The van der Waals surface area contributed by atoms with Crippen LogP contribution in [0.2, 0.25) is 0 Å². The predicted octanol–water partition coefficient (Wildman–Crippen LogP) is 1.98. The van der Waals surface area contributed by atoms with Crippen LogP contribution in [0.5, 0.6) is 17.4 Å². The van der Waals surface area contributed by atoms with E-state index in [1.54, 1.807) is 0 Å². The molecule has 0 aliphatic carbocycles. The number of benzene rings is 1.